The molecule has 12 nitrogen and oxygen atoms in total. The molecule has 0 amide bonds. The summed E-state index contributed by atoms with van der Waals surface area (Å²) in [5.41, 5.74) is -0.220. The van der Waals surface area contributed by atoms with Crippen molar-refractivity contribution < 1.29 is 59.5 Å². The Kier molecular flexibility index (Phi) is 9.92. The summed E-state index contributed by atoms with van der Waals surface area (Å²) in [6.45, 7) is 13.3. The maximum Gasteiger partial charge on any atom is 0.310 e. The third-order valence-corrected chi connectivity index (χ3v) is 16.6. The Hall–Kier alpha value is -1.19. The minimum absolute atomic E-state index is 0.0376. The Morgan fingerprint density at radius 1 is 0.788 bits per heavy atom. The third kappa shape index (κ3) is 5.63. The van der Waals surface area contributed by atoms with Gasteiger partial charge in [0.15, 0.2) is 12.6 Å². The van der Waals surface area contributed by atoms with E-state index >= 15 is 0 Å². The smallest absolute Gasteiger partial charge is 0.310 e. The molecule has 7 aliphatic rings. The number of aliphatic hydroxyl groups excluding tert-OH is 6. The summed E-state index contributed by atoms with van der Waals surface area (Å²) in [4.78, 5) is 13.0. The molecule has 0 aromatic carbocycles. The Morgan fingerprint density at radius 2 is 1.44 bits per heavy atom. The predicted octanol–water partition coefficient (Wildman–Crippen LogP) is 3.13. The van der Waals surface area contributed by atoms with Gasteiger partial charge < -0.3 is 54.7 Å². The topological polar surface area (TPSA) is 196 Å². The first kappa shape index (κ1) is 39.1. The van der Waals surface area contributed by atoms with Crippen molar-refractivity contribution in [3.8, 4) is 0 Å². The van der Waals surface area contributed by atoms with Gasteiger partial charge in [-0.05, 0) is 104 Å². The van der Waals surface area contributed by atoms with E-state index in [1.165, 1.54) is 5.57 Å². The fourth-order valence-electron chi connectivity index (χ4n) is 13.1. The van der Waals surface area contributed by atoms with Gasteiger partial charge in [0.1, 0.15) is 36.6 Å². The highest BCUT2D eigenvalue weighted by Gasteiger charge is 2.70. The van der Waals surface area contributed by atoms with Crippen molar-refractivity contribution in [3.63, 3.8) is 0 Å². The van der Waals surface area contributed by atoms with Crippen LogP contribution in [0.3, 0.4) is 0 Å². The van der Waals surface area contributed by atoms with Gasteiger partial charge in [0, 0.05) is 5.41 Å². The number of aliphatic hydroxyl groups is 6. The quantitative estimate of drug-likeness (QED) is 0.156. The number of fused-ring (bicyclic) bond motifs is 7. The predicted molar refractivity (Wildman–Crippen MR) is 187 cm³/mol. The van der Waals surface area contributed by atoms with Gasteiger partial charge in [-0.25, -0.2) is 0 Å². The van der Waals surface area contributed by atoms with Gasteiger partial charge in [-0.3, -0.25) is 4.79 Å². The number of carboxylic acid groups (broad SMARTS) is 1. The largest absolute Gasteiger partial charge is 0.481 e. The first-order chi connectivity index (χ1) is 24.3. The molecule has 0 spiro atoms. The van der Waals surface area contributed by atoms with E-state index in [1.54, 1.807) is 0 Å². The van der Waals surface area contributed by atoms with Crippen molar-refractivity contribution in [3.05, 3.63) is 11.6 Å². The molecule has 0 radical (unpaired) electrons. The number of carbonyl (C=O) groups is 1. The molecule has 0 bridgehead atoms. The first-order valence-corrected chi connectivity index (χ1v) is 19.8. The molecule has 17 atom stereocenters. The van der Waals surface area contributed by atoms with E-state index in [0.717, 1.165) is 51.4 Å². The lowest BCUT2D eigenvalue weighted by Crippen LogP contribution is -2.67. The van der Waals surface area contributed by atoms with Crippen molar-refractivity contribution in [1.29, 1.82) is 0 Å². The zero-order valence-corrected chi connectivity index (χ0v) is 31.9. The molecule has 6 fully saturated rings. The molecule has 2 aliphatic heterocycles. The number of rotatable bonds is 6. The summed E-state index contributed by atoms with van der Waals surface area (Å²) in [5, 5.41) is 74.2. The number of aliphatic carboxylic acids is 1. The van der Waals surface area contributed by atoms with E-state index in [1.807, 2.05) is 0 Å². The van der Waals surface area contributed by atoms with Gasteiger partial charge in [0.05, 0.1) is 31.3 Å². The van der Waals surface area contributed by atoms with E-state index < -0.39 is 72.1 Å². The van der Waals surface area contributed by atoms with Crippen molar-refractivity contribution in [2.75, 3.05) is 19.8 Å². The Labute approximate surface area is 307 Å². The van der Waals surface area contributed by atoms with Crippen LogP contribution in [0.25, 0.3) is 0 Å². The minimum Gasteiger partial charge on any atom is -0.481 e. The molecule has 2 heterocycles. The number of hydrogen-bond donors (Lipinski definition) is 7. The lowest BCUT2D eigenvalue weighted by atomic mass is 9.33. The summed E-state index contributed by atoms with van der Waals surface area (Å²) in [6, 6.07) is 0. The van der Waals surface area contributed by atoms with Crippen LogP contribution in [0.1, 0.15) is 106 Å². The standard InChI is InChI=1S/C40H64O12/c1-35(2)13-15-40(34(47)48)16-14-38(5)21(22(40)17-35)7-8-26-36(3)11-10-27(37(4,20-41)25(36)9-12-39(26,38)6)51-33-31(29(45)24(43)19-50-33)52-32-30(46)28(44)23(42)18-49-32/h7,22-33,41-46H,8-20H2,1-6H3,(H,47,48)/t22-,23+,24+,25-,26-,27-,28-,29-,30+,31+,32-,33-,36+,37-,38-,39-,40-/m1/s1. The van der Waals surface area contributed by atoms with Gasteiger partial charge in [0.25, 0.3) is 0 Å². The summed E-state index contributed by atoms with van der Waals surface area (Å²) >= 11 is 0. The highest BCUT2D eigenvalue weighted by atomic mass is 16.7. The maximum atomic E-state index is 13.0. The molecule has 2 saturated heterocycles. The summed E-state index contributed by atoms with van der Waals surface area (Å²) in [7, 11) is 0. The summed E-state index contributed by atoms with van der Waals surface area (Å²) < 4.78 is 24.0. The molecule has 0 unspecified atom stereocenters. The van der Waals surface area contributed by atoms with E-state index in [2.05, 4.69) is 47.6 Å². The zero-order chi connectivity index (χ0) is 37.8. The van der Waals surface area contributed by atoms with Crippen molar-refractivity contribution in [2.45, 2.75) is 161 Å². The van der Waals surface area contributed by atoms with Crippen molar-refractivity contribution in [2.24, 2.45) is 50.2 Å². The molecule has 7 N–H and O–H groups in total. The number of ether oxygens (including phenoxy) is 4. The molecule has 12 heteroatoms. The van der Waals surface area contributed by atoms with Crippen molar-refractivity contribution in [1.82, 2.24) is 0 Å². The number of hydrogen-bond acceptors (Lipinski definition) is 11. The molecule has 52 heavy (non-hydrogen) atoms. The fourth-order valence-corrected chi connectivity index (χ4v) is 13.1. The molecule has 0 aromatic heterocycles. The summed E-state index contributed by atoms with van der Waals surface area (Å²) in [5.74, 6) is -0.185. The fraction of sp³-hybridized carbons (Fsp3) is 0.925. The first-order valence-electron chi connectivity index (χ1n) is 19.8. The lowest BCUT2D eigenvalue weighted by Gasteiger charge is -2.71. The number of carboxylic acids is 1. The Bertz CT molecular complexity index is 1400. The summed E-state index contributed by atoms with van der Waals surface area (Å²) in [6.07, 6.45) is -0.763. The van der Waals surface area contributed by atoms with Gasteiger partial charge >= 0.3 is 5.97 Å². The average molecular weight is 737 g/mol. The van der Waals surface area contributed by atoms with E-state index in [0.29, 0.717) is 18.8 Å². The van der Waals surface area contributed by atoms with Gasteiger partial charge in [0.2, 0.25) is 0 Å². The monoisotopic (exact) mass is 736 g/mol. The highest BCUT2D eigenvalue weighted by Crippen LogP contribution is 2.76. The van der Waals surface area contributed by atoms with Gasteiger partial charge in [-0.1, -0.05) is 53.2 Å². The second-order valence-electron chi connectivity index (χ2n) is 19.6. The van der Waals surface area contributed by atoms with Crippen LogP contribution in [0, 0.1) is 50.2 Å². The van der Waals surface area contributed by atoms with Gasteiger partial charge in [-0.15, -0.1) is 0 Å². The molecule has 7 rings (SSSR count). The molecule has 296 valence electrons. The van der Waals surface area contributed by atoms with Crippen LogP contribution in [-0.4, -0.2) is 117 Å². The van der Waals surface area contributed by atoms with Crippen LogP contribution in [-0.2, 0) is 23.7 Å². The minimum atomic E-state index is -1.61. The zero-order valence-electron chi connectivity index (χ0n) is 31.9. The molecule has 4 saturated carbocycles. The highest BCUT2D eigenvalue weighted by molar-refractivity contribution is 5.76. The Balaban J connectivity index is 1.15. The second-order valence-corrected chi connectivity index (χ2v) is 19.6. The van der Waals surface area contributed by atoms with Crippen LogP contribution in [0.4, 0.5) is 0 Å². The van der Waals surface area contributed by atoms with E-state index in [4.69, 9.17) is 18.9 Å². The normalized spacial score (nSPS) is 54.5. The average Bonchev–Trinajstić information content (AvgIpc) is 3.09. The molecular formula is C40H64O12. The molecular weight excluding hydrogens is 672 g/mol. The van der Waals surface area contributed by atoms with Crippen molar-refractivity contribution >= 4 is 5.97 Å². The van der Waals surface area contributed by atoms with Crippen LogP contribution in [0.2, 0.25) is 0 Å². The number of allylic oxidation sites excluding steroid dienone is 2. The van der Waals surface area contributed by atoms with Crippen LogP contribution in [0.5, 0.6) is 0 Å². The van der Waals surface area contributed by atoms with Crippen LogP contribution in [0.15, 0.2) is 11.6 Å². The maximum absolute atomic E-state index is 13.0. The Morgan fingerprint density at radius 3 is 2.12 bits per heavy atom. The van der Waals surface area contributed by atoms with Crippen LogP contribution < -0.4 is 0 Å². The second kappa shape index (κ2) is 13.2. The van der Waals surface area contributed by atoms with Gasteiger partial charge in [-0.2, -0.15) is 0 Å². The van der Waals surface area contributed by atoms with Crippen LogP contribution >= 0.6 is 0 Å². The molecule has 0 aromatic rings. The van der Waals surface area contributed by atoms with E-state index in [-0.39, 0.29) is 53.3 Å². The van der Waals surface area contributed by atoms with E-state index in [9.17, 15) is 40.5 Å². The SMILES string of the molecule is CC1(C)CC[C@@]2(C(=O)O)CC[C@]3(C)C(=CC[C@@H]4[C@@]5(C)CC[C@@H](O[C@H]6OC[C@H](O)[C@@H](O)[C@@H]6O[C@H]6OC[C@H](O)[C@@H](O)[C@@H]6O)[C@](C)(CO)[C@@H]5CC[C@]43C)[C@H]2C1. The lowest BCUT2D eigenvalue weighted by molar-refractivity contribution is -0.358. The molecule has 5 aliphatic carbocycles. The third-order valence-electron chi connectivity index (χ3n) is 16.6.